The van der Waals surface area contributed by atoms with Crippen LogP contribution >= 0.6 is 11.8 Å². The van der Waals surface area contributed by atoms with Crippen molar-refractivity contribution in [2.75, 3.05) is 13.2 Å². The number of nitrogens with zero attached hydrogens (tertiary/aromatic N) is 1. The minimum absolute atomic E-state index is 0.128. The normalized spacial score (nSPS) is 19.7. The van der Waals surface area contributed by atoms with Gasteiger partial charge >= 0.3 is 0 Å². The van der Waals surface area contributed by atoms with Crippen molar-refractivity contribution in [2.45, 2.75) is 30.5 Å². The predicted molar refractivity (Wildman–Crippen MR) is 112 cm³/mol. The van der Waals surface area contributed by atoms with Crippen LogP contribution < -0.4 is 4.74 Å². The minimum Gasteiger partial charge on any atom is -0.492 e. The molecule has 0 amide bonds. The molecule has 1 aliphatic rings. The molecule has 0 spiro atoms. The zero-order valence-electron chi connectivity index (χ0n) is 15.4. The molecular formula is C23H25NOS. The van der Waals surface area contributed by atoms with Crippen LogP contribution in [0.5, 0.6) is 5.75 Å². The Labute approximate surface area is 160 Å². The molecule has 3 heteroatoms. The summed E-state index contributed by atoms with van der Waals surface area (Å²) < 4.78 is 6.25. The van der Waals surface area contributed by atoms with E-state index in [1.165, 1.54) is 16.3 Å². The van der Waals surface area contributed by atoms with Gasteiger partial charge in [-0.3, -0.25) is 4.90 Å². The fourth-order valence-electron chi connectivity index (χ4n) is 3.64. The van der Waals surface area contributed by atoms with Gasteiger partial charge in [-0.05, 0) is 30.9 Å². The van der Waals surface area contributed by atoms with Crippen molar-refractivity contribution in [3.8, 4) is 5.75 Å². The lowest BCUT2D eigenvalue weighted by molar-refractivity contribution is 0.197. The third-order valence-electron chi connectivity index (χ3n) is 5.03. The monoisotopic (exact) mass is 363 g/mol. The second-order valence-corrected chi connectivity index (χ2v) is 9.24. The molecule has 3 aromatic carbocycles. The molecule has 0 bridgehead atoms. The highest BCUT2D eigenvalue weighted by Gasteiger charge is 2.39. The van der Waals surface area contributed by atoms with Crippen LogP contribution in [0.15, 0.2) is 72.8 Å². The number of benzene rings is 3. The number of rotatable bonds is 5. The van der Waals surface area contributed by atoms with Crippen LogP contribution in [0, 0.1) is 0 Å². The maximum atomic E-state index is 6.25. The predicted octanol–water partition coefficient (Wildman–Crippen LogP) is 5.57. The van der Waals surface area contributed by atoms with E-state index in [1.807, 2.05) is 11.8 Å². The fraction of sp³-hybridized carbons (Fsp3) is 0.304. The summed E-state index contributed by atoms with van der Waals surface area (Å²) in [5.41, 5.74) is 1.37. The molecule has 1 atom stereocenters. The summed E-state index contributed by atoms with van der Waals surface area (Å²) >= 11 is 2.02. The molecule has 1 saturated heterocycles. The molecule has 2 nitrogen and oxygen atoms in total. The van der Waals surface area contributed by atoms with Gasteiger partial charge in [0.15, 0.2) is 0 Å². The summed E-state index contributed by atoms with van der Waals surface area (Å²) in [4.78, 5) is 2.69. The Morgan fingerprint density at radius 2 is 1.69 bits per heavy atom. The van der Waals surface area contributed by atoms with Gasteiger partial charge in [0.25, 0.3) is 0 Å². The van der Waals surface area contributed by atoms with Gasteiger partial charge < -0.3 is 4.74 Å². The second-order valence-electron chi connectivity index (χ2n) is 7.34. The molecule has 1 heterocycles. The first kappa shape index (κ1) is 17.4. The Bertz CT molecular complexity index is 872. The second kappa shape index (κ2) is 7.34. The molecule has 0 aliphatic carbocycles. The largest absolute Gasteiger partial charge is 0.492 e. The summed E-state index contributed by atoms with van der Waals surface area (Å²) in [6.07, 6.45) is 0. The smallest absolute Gasteiger partial charge is 0.127 e. The van der Waals surface area contributed by atoms with Crippen molar-refractivity contribution < 1.29 is 4.74 Å². The maximum absolute atomic E-state index is 6.25. The lowest BCUT2D eigenvalue weighted by Gasteiger charge is -2.30. The van der Waals surface area contributed by atoms with E-state index in [2.05, 4.69) is 91.5 Å². The number of hydrogen-bond donors (Lipinski definition) is 0. The van der Waals surface area contributed by atoms with Gasteiger partial charge in [0, 0.05) is 18.5 Å². The van der Waals surface area contributed by atoms with Crippen molar-refractivity contribution >= 4 is 22.5 Å². The minimum atomic E-state index is 0.128. The first-order chi connectivity index (χ1) is 12.6. The summed E-state index contributed by atoms with van der Waals surface area (Å²) in [6, 6.07) is 25.4. The van der Waals surface area contributed by atoms with Crippen LogP contribution in [-0.4, -0.2) is 28.2 Å². The van der Waals surface area contributed by atoms with E-state index in [-0.39, 0.29) is 4.87 Å². The highest BCUT2D eigenvalue weighted by Crippen LogP contribution is 2.41. The van der Waals surface area contributed by atoms with Gasteiger partial charge in [-0.1, -0.05) is 66.7 Å². The Balaban J connectivity index is 1.43. The highest BCUT2D eigenvalue weighted by molar-refractivity contribution is 8.01. The van der Waals surface area contributed by atoms with E-state index in [1.54, 1.807) is 0 Å². The van der Waals surface area contributed by atoms with E-state index in [0.717, 1.165) is 25.4 Å². The first-order valence-corrected chi connectivity index (χ1v) is 10.1. The molecule has 3 aromatic rings. The molecule has 1 fully saturated rings. The zero-order valence-corrected chi connectivity index (χ0v) is 16.2. The van der Waals surface area contributed by atoms with Crippen molar-refractivity contribution in [3.05, 3.63) is 78.4 Å². The Kier molecular flexibility index (Phi) is 4.92. The van der Waals surface area contributed by atoms with Crippen molar-refractivity contribution in [2.24, 2.45) is 0 Å². The van der Waals surface area contributed by atoms with Crippen LogP contribution in [0.25, 0.3) is 10.8 Å². The molecule has 1 aliphatic heterocycles. The van der Waals surface area contributed by atoms with Crippen LogP contribution in [-0.2, 0) is 6.54 Å². The Morgan fingerprint density at radius 1 is 0.962 bits per heavy atom. The molecule has 0 saturated carbocycles. The Morgan fingerprint density at radius 3 is 2.54 bits per heavy atom. The molecule has 0 aromatic heterocycles. The summed E-state index contributed by atoms with van der Waals surface area (Å²) in [7, 11) is 0. The third-order valence-corrected chi connectivity index (χ3v) is 6.48. The van der Waals surface area contributed by atoms with Gasteiger partial charge in [0.1, 0.15) is 12.4 Å². The van der Waals surface area contributed by atoms with Gasteiger partial charge in [-0.25, -0.2) is 0 Å². The third kappa shape index (κ3) is 3.74. The first-order valence-electron chi connectivity index (χ1n) is 9.19. The molecule has 26 heavy (non-hydrogen) atoms. The Hall–Kier alpha value is -1.97. The standard InChI is InChI=1S/C23H25NOS/c1-23(2)24(15-18-9-4-3-5-10-18)16-20(26-23)17-25-22-14-8-12-19-11-6-7-13-21(19)22/h3-14,20H,15-17H2,1-2H3/t20-/m1/s1. The van der Waals surface area contributed by atoms with Crippen LogP contribution in [0.1, 0.15) is 19.4 Å². The molecule has 4 rings (SSSR count). The lowest BCUT2D eigenvalue weighted by Crippen LogP contribution is -2.36. The zero-order chi connectivity index (χ0) is 18.0. The van der Waals surface area contributed by atoms with Crippen molar-refractivity contribution in [1.29, 1.82) is 0 Å². The van der Waals surface area contributed by atoms with Gasteiger partial charge in [0.2, 0.25) is 0 Å². The molecule has 134 valence electrons. The van der Waals surface area contributed by atoms with Gasteiger partial charge in [0.05, 0.1) is 10.1 Å². The molecular weight excluding hydrogens is 338 g/mol. The van der Waals surface area contributed by atoms with Crippen LogP contribution in [0.2, 0.25) is 0 Å². The maximum Gasteiger partial charge on any atom is 0.127 e. The lowest BCUT2D eigenvalue weighted by atomic mass is 10.1. The van der Waals surface area contributed by atoms with Crippen LogP contribution in [0.4, 0.5) is 0 Å². The number of fused-ring (bicyclic) bond motifs is 1. The highest BCUT2D eigenvalue weighted by atomic mass is 32.2. The van der Waals surface area contributed by atoms with E-state index in [4.69, 9.17) is 4.74 Å². The number of hydrogen-bond acceptors (Lipinski definition) is 3. The van der Waals surface area contributed by atoms with Crippen molar-refractivity contribution in [1.82, 2.24) is 4.90 Å². The quantitative estimate of drug-likeness (QED) is 0.588. The topological polar surface area (TPSA) is 12.5 Å². The average Bonchev–Trinajstić information content (AvgIpc) is 2.94. The van der Waals surface area contributed by atoms with E-state index in [0.29, 0.717) is 5.25 Å². The van der Waals surface area contributed by atoms with Crippen molar-refractivity contribution in [3.63, 3.8) is 0 Å². The number of thioether (sulfide) groups is 1. The van der Waals surface area contributed by atoms with E-state index >= 15 is 0 Å². The number of ether oxygens (including phenoxy) is 1. The SMILES string of the molecule is CC1(C)S[C@@H](COc2cccc3ccccc23)CN1Cc1ccccc1. The fourth-order valence-corrected chi connectivity index (χ4v) is 5.13. The summed E-state index contributed by atoms with van der Waals surface area (Å²) in [6.45, 7) is 7.42. The summed E-state index contributed by atoms with van der Waals surface area (Å²) in [5, 5.41) is 2.90. The van der Waals surface area contributed by atoms with E-state index in [9.17, 15) is 0 Å². The molecule has 0 unspecified atom stereocenters. The van der Waals surface area contributed by atoms with E-state index < -0.39 is 0 Å². The van der Waals surface area contributed by atoms with Gasteiger partial charge in [-0.15, -0.1) is 11.8 Å². The summed E-state index contributed by atoms with van der Waals surface area (Å²) in [5.74, 6) is 0.989. The molecule has 0 radical (unpaired) electrons. The van der Waals surface area contributed by atoms with Crippen LogP contribution in [0.3, 0.4) is 0 Å². The molecule has 0 N–H and O–H groups in total. The van der Waals surface area contributed by atoms with Gasteiger partial charge in [-0.2, -0.15) is 0 Å². The average molecular weight is 364 g/mol.